The fourth-order valence-corrected chi connectivity index (χ4v) is 6.05. The van der Waals surface area contributed by atoms with E-state index in [9.17, 15) is 14.4 Å². The average molecular weight is 546 g/mol. The molecule has 2 aromatic rings. The molecule has 1 saturated carbocycles. The third kappa shape index (κ3) is 9.02. The first-order valence-corrected chi connectivity index (χ1v) is 15.4. The minimum Gasteiger partial charge on any atom is -0.353 e. The van der Waals surface area contributed by atoms with Gasteiger partial charge in [-0.05, 0) is 99.6 Å². The third-order valence-electron chi connectivity index (χ3n) is 8.63. The molecule has 1 aliphatic carbocycles. The fraction of sp³-hybridized carbons (Fsp3) is 0.559. The zero-order valence-corrected chi connectivity index (χ0v) is 24.4. The van der Waals surface area contributed by atoms with Crippen LogP contribution in [0, 0.1) is 11.8 Å². The van der Waals surface area contributed by atoms with Crippen LogP contribution in [0.1, 0.15) is 97.1 Å². The highest BCUT2D eigenvalue weighted by Crippen LogP contribution is 2.28. The maximum atomic E-state index is 12.4. The van der Waals surface area contributed by atoms with Gasteiger partial charge in [0.25, 0.3) is 5.91 Å². The Morgan fingerprint density at radius 3 is 2.33 bits per heavy atom. The van der Waals surface area contributed by atoms with Crippen LogP contribution >= 0.6 is 0 Å². The van der Waals surface area contributed by atoms with Crippen LogP contribution in [-0.2, 0) is 17.6 Å². The molecule has 6 heteroatoms. The quantitative estimate of drug-likeness (QED) is 0.269. The second kappa shape index (κ2) is 15.1. The Kier molecular flexibility index (Phi) is 11.3. The Morgan fingerprint density at radius 2 is 1.60 bits per heavy atom. The van der Waals surface area contributed by atoms with Crippen molar-refractivity contribution in [3.05, 3.63) is 70.8 Å². The molecule has 2 aliphatic rings. The minimum absolute atomic E-state index is 0.0368. The number of nitrogens with one attached hydrogen (secondary N) is 2. The Hall–Kier alpha value is -2.99. The topological polar surface area (TPSA) is 78.5 Å². The first-order chi connectivity index (χ1) is 19.4. The molecule has 0 atom stereocenters. The molecule has 4 rings (SSSR count). The van der Waals surface area contributed by atoms with Gasteiger partial charge in [0.15, 0.2) is 5.78 Å². The van der Waals surface area contributed by atoms with E-state index < -0.39 is 0 Å². The van der Waals surface area contributed by atoms with Gasteiger partial charge >= 0.3 is 0 Å². The summed E-state index contributed by atoms with van der Waals surface area (Å²) < 4.78 is 0. The molecule has 2 amide bonds. The van der Waals surface area contributed by atoms with Crippen molar-refractivity contribution in [2.75, 3.05) is 26.2 Å². The largest absolute Gasteiger partial charge is 0.353 e. The number of fused-ring (bicyclic) bond motifs is 1. The normalized spacial score (nSPS) is 19.5. The zero-order chi connectivity index (χ0) is 28.3. The number of Topliss-reactive ketones (excluding diaryl/α,β-unsaturated/α-hetero) is 1. The number of ketones is 1. The van der Waals surface area contributed by atoms with Crippen molar-refractivity contribution in [3.63, 3.8) is 0 Å². The van der Waals surface area contributed by atoms with E-state index in [4.69, 9.17) is 0 Å². The monoisotopic (exact) mass is 545 g/mol. The van der Waals surface area contributed by atoms with E-state index >= 15 is 0 Å². The molecule has 0 radical (unpaired) electrons. The molecule has 40 heavy (non-hydrogen) atoms. The Labute approximate surface area is 240 Å². The summed E-state index contributed by atoms with van der Waals surface area (Å²) >= 11 is 0. The summed E-state index contributed by atoms with van der Waals surface area (Å²) in [4.78, 5) is 39.5. The number of hydrogen-bond donors (Lipinski definition) is 2. The van der Waals surface area contributed by atoms with Crippen molar-refractivity contribution in [1.82, 2.24) is 15.5 Å². The molecule has 0 saturated heterocycles. The van der Waals surface area contributed by atoms with Crippen LogP contribution in [0.5, 0.6) is 0 Å². The minimum atomic E-state index is -0.0591. The number of nitrogens with zero attached hydrogens (tertiary/aromatic N) is 1. The second-order valence-electron chi connectivity index (χ2n) is 12.0. The Morgan fingerprint density at radius 1 is 0.875 bits per heavy atom. The van der Waals surface area contributed by atoms with Gasteiger partial charge in [0.1, 0.15) is 0 Å². The van der Waals surface area contributed by atoms with E-state index in [1.165, 1.54) is 30.4 Å². The second-order valence-corrected chi connectivity index (χ2v) is 12.0. The number of benzene rings is 2. The van der Waals surface area contributed by atoms with E-state index in [1.807, 2.05) is 38.1 Å². The first kappa shape index (κ1) is 30.0. The van der Waals surface area contributed by atoms with Crippen LogP contribution in [0.3, 0.4) is 0 Å². The van der Waals surface area contributed by atoms with E-state index in [2.05, 4.69) is 27.7 Å². The SMILES string of the molecule is CC(C)C(=O)c1ccc2c(c1)CCN(CC[C@H]1CC[C@H](NC(=O)CCCCNC(=O)c3ccccc3)CC1)CC2. The summed E-state index contributed by atoms with van der Waals surface area (Å²) in [5.74, 6) is 1.09. The molecule has 0 unspecified atom stereocenters. The van der Waals surface area contributed by atoms with E-state index in [0.717, 1.165) is 69.6 Å². The van der Waals surface area contributed by atoms with Crippen LogP contribution in [0.4, 0.5) is 0 Å². The van der Waals surface area contributed by atoms with Gasteiger partial charge in [-0.25, -0.2) is 0 Å². The lowest BCUT2D eigenvalue weighted by atomic mass is 9.84. The lowest BCUT2D eigenvalue weighted by Crippen LogP contribution is -2.38. The van der Waals surface area contributed by atoms with Crippen LogP contribution in [0.15, 0.2) is 48.5 Å². The summed E-state index contributed by atoms with van der Waals surface area (Å²) in [6.45, 7) is 7.81. The third-order valence-corrected chi connectivity index (χ3v) is 8.63. The molecule has 6 nitrogen and oxygen atoms in total. The summed E-state index contributed by atoms with van der Waals surface area (Å²) in [6.07, 6.45) is 9.92. The number of hydrogen-bond acceptors (Lipinski definition) is 4. The Balaban J connectivity index is 1.07. The lowest BCUT2D eigenvalue weighted by Gasteiger charge is -2.30. The van der Waals surface area contributed by atoms with E-state index in [1.54, 1.807) is 12.1 Å². The molecule has 216 valence electrons. The molecule has 1 heterocycles. The molecule has 2 aromatic carbocycles. The highest BCUT2D eigenvalue weighted by atomic mass is 16.2. The molecular weight excluding hydrogens is 498 g/mol. The van der Waals surface area contributed by atoms with Crippen LogP contribution in [-0.4, -0.2) is 54.7 Å². The van der Waals surface area contributed by atoms with Gasteiger partial charge in [-0.2, -0.15) is 0 Å². The summed E-state index contributed by atoms with van der Waals surface area (Å²) in [5, 5.41) is 6.17. The van der Waals surface area contributed by atoms with Crippen molar-refractivity contribution < 1.29 is 14.4 Å². The predicted octanol–water partition coefficient (Wildman–Crippen LogP) is 5.59. The Bertz CT molecular complexity index is 1120. The standard InChI is InChI=1S/C34H47N3O3/c1-25(2)33(39)30-14-13-27-18-22-37(23-19-29(27)24-30)21-17-26-11-15-31(16-12-26)36-32(38)10-6-7-20-35-34(40)28-8-4-3-5-9-28/h3-5,8-9,13-14,24-26,31H,6-7,10-12,15-23H2,1-2H3,(H,35,40)(H,36,38)/t26-,31-. The van der Waals surface area contributed by atoms with Crippen molar-refractivity contribution >= 4 is 17.6 Å². The van der Waals surface area contributed by atoms with Gasteiger partial charge in [0.05, 0.1) is 0 Å². The average Bonchev–Trinajstić information content (AvgIpc) is 3.18. The number of unbranched alkanes of at least 4 members (excludes halogenated alkanes) is 1. The van der Waals surface area contributed by atoms with Crippen molar-refractivity contribution in [1.29, 1.82) is 0 Å². The van der Waals surface area contributed by atoms with E-state index in [0.29, 0.717) is 24.6 Å². The molecule has 0 aromatic heterocycles. The highest BCUT2D eigenvalue weighted by molar-refractivity contribution is 5.97. The van der Waals surface area contributed by atoms with Crippen LogP contribution < -0.4 is 10.6 Å². The molecule has 0 bridgehead atoms. The number of carbonyl (C=O) groups excluding carboxylic acids is 3. The molecule has 0 spiro atoms. The van der Waals surface area contributed by atoms with Gasteiger partial charge in [-0.15, -0.1) is 0 Å². The van der Waals surface area contributed by atoms with Crippen molar-refractivity contribution in [2.24, 2.45) is 11.8 Å². The van der Waals surface area contributed by atoms with Crippen LogP contribution in [0.25, 0.3) is 0 Å². The zero-order valence-electron chi connectivity index (χ0n) is 24.4. The molecular formula is C34H47N3O3. The van der Waals surface area contributed by atoms with Gasteiger partial charge in [-0.1, -0.05) is 44.2 Å². The maximum Gasteiger partial charge on any atom is 0.251 e. The van der Waals surface area contributed by atoms with Crippen molar-refractivity contribution in [3.8, 4) is 0 Å². The van der Waals surface area contributed by atoms with Gasteiger partial charge in [-0.3, -0.25) is 14.4 Å². The molecule has 1 fully saturated rings. The highest BCUT2D eigenvalue weighted by Gasteiger charge is 2.24. The smallest absolute Gasteiger partial charge is 0.251 e. The predicted molar refractivity (Wildman–Crippen MR) is 161 cm³/mol. The number of amides is 2. The van der Waals surface area contributed by atoms with Crippen molar-refractivity contribution in [2.45, 2.75) is 84.1 Å². The number of rotatable bonds is 12. The first-order valence-electron chi connectivity index (χ1n) is 15.4. The summed E-state index contributed by atoms with van der Waals surface area (Å²) in [7, 11) is 0. The molecule has 2 N–H and O–H groups in total. The maximum absolute atomic E-state index is 12.4. The fourth-order valence-electron chi connectivity index (χ4n) is 6.05. The van der Waals surface area contributed by atoms with E-state index in [-0.39, 0.29) is 23.5 Å². The van der Waals surface area contributed by atoms with Gasteiger partial charge < -0.3 is 15.5 Å². The summed E-state index contributed by atoms with van der Waals surface area (Å²) in [5.41, 5.74) is 4.28. The summed E-state index contributed by atoms with van der Waals surface area (Å²) in [6, 6.07) is 15.9. The van der Waals surface area contributed by atoms with Crippen LogP contribution in [0.2, 0.25) is 0 Å². The van der Waals surface area contributed by atoms with Gasteiger partial charge in [0, 0.05) is 49.1 Å². The lowest BCUT2D eigenvalue weighted by molar-refractivity contribution is -0.122. The number of carbonyl (C=O) groups is 3. The van der Waals surface area contributed by atoms with Gasteiger partial charge in [0.2, 0.25) is 5.91 Å². The molecule has 1 aliphatic heterocycles.